The highest BCUT2D eigenvalue weighted by Crippen LogP contribution is 2.39. The Kier molecular flexibility index (Phi) is 6.83. The Morgan fingerprint density at radius 2 is 1.91 bits per heavy atom. The first-order valence-corrected chi connectivity index (χ1v) is 11.1. The Balaban J connectivity index is 1.81. The number of fused-ring (bicyclic) bond motifs is 1. The predicted molar refractivity (Wildman–Crippen MR) is 129 cm³/mol. The van der Waals surface area contributed by atoms with Crippen molar-refractivity contribution in [2.24, 2.45) is 0 Å². The third kappa shape index (κ3) is 4.47. The number of aryl methyl sites for hydroxylation is 2. The van der Waals surface area contributed by atoms with Crippen molar-refractivity contribution in [3.05, 3.63) is 70.7 Å². The summed E-state index contributed by atoms with van der Waals surface area (Å²) in [4.78, 5) is 18.2. The van der Waals surface area contributed by atoms with Gasteiger partial charge in [-0.2, -0.15) is 10.1 Å². The molecule has 1 aromatic heterocycles. The van der Waals surface area contributed by atoms with E-state index in [0.29, 0.717) is 47.4 Å². The van der Waals surface area contributed by atoms with Gasteiger partial charge < -0.3 is 25.2 Å². The summed E-state index contributed by atoms with van der Waals surface area (Å²) in [5.74, 6) is 2.04. The third-order valence-electron chi connectivity index (χ3n) is 5.82. The van der Waals surface area contributed by atoms with Gasteiger partial charge in [0.05, 0.1) is 19.8 Å². The number of hydrogen-bond donors (Lipinski definition) is 3. The molecule has 2 heterocycles. The van der Waals surface area contributed by atoms with Crippen LogP contribution in [0.4, 0.5) is 11.6 Å². The van der Waals surface area contributed by atoms with E-state index in [-0.39, 0.29) is 12.5 Å². The molecular weight excluding hydrogens is 434 g/mol. The van der Waals surface area contributed by atoms with Gasteiger partial charge in [0, 0.05) is 24.4 Å². The largest absolute Gasteiger partial charge is 0.493 e. The van der Waals surface area contributed by atoms with E-state index in [1.807, 2.05) is 56.3 Å². The number of carbonyl (C=O) groups is 1. The van der Waals surface area contributed by atoms with Gasteiger partial charge in [0.25, 0.3) is 5.91 Å². The second kappa shape index (κ2) is 9.96. The average Bonchev–Trinajstić information content (AvgIpc) is 3.24. The number of carbonyl (C=O) groups excluding carboxylic acids is 1. The fraction of sp³-hybridized carbons (Fsp3) is 0.320. The molecule has 0 spiro atoms. The molecule has 9 heteroatoms. The highest BCUT2D eigenvalue weighted by Gasteiger charge is 2.35. The first-order valence-electron chi connectivity index (χ1n) is 11.1. The van der Waals surface area contributed by atoms with Crippen molar-refractivity contribution in [1.29, 1.82) is 0 Å². The van der Waals surface area contributed by atoms with Gasteiger partial charge >= 0.3 is 0 Å². The molecule has 2 aromatic carbocycles. The van der Waals surface area contributed by atoms with Crippen molar-refractivity contribution in [3.63, 3.8) is 0 Å². The fourth-order valence-electron chi connectivity index (χ4n) is 4.07. The molecule has 0 bridgehead atoms. The van der Waals surface area contributed by atoms with Gasteiger partial charge in [-0.25, -0.2) is 4.68 Å². The summed E-state index contributed by atoms with van der Waals surface area (Å²) in [5.41, 5.74) is 3.70. The van der Waals surface area contributed by atoms with Crippen LogP contribution in [-0.2, 0) is 11.2 Å². The number of para-hydroxylation sites is 1. The monoisotopic (exact) mass is 463 g/mol. The highest BCUT2D eigenvalue weighted by molar-refractivity contribution is 6.06. The molecule has 178 valence electrons. The van der Waals surface area contributed by atoms with Gasteiger partial charge in [-0.05, 0) is 49.6 Å². The van der Waals surface area contributed by atoms with Gasteiger partial charge in [0.15, 0.2) is 17.3 Å². The van der Waals surface area contributed by atoms with Crippen molar-refractivity contribution in [2.45, 2.75) is 32.7 Å². The number of allylic oxidation sites excluding steroid dienone is 1. The van der Waals surface area contributed by atoms with E-state index in [9.17, 15) is 9.90 Å². The maximum absolute atomic E-state index is 13.6. The summed E-state index contributed by atoms with van der Waals surface area (Å²) in [6, 6.07) is 12.6. The lowest BCUT2D eigenvalue weighted by molar-refractivity contribution is -0.113. The Morgan fingerprint density at radius 1 is 1.15 bits per heavy atom. The number of benzene rings is 2. The van der Waals surface area contributed by atoms with Crippen LogP contribution < -0.4 is 20.1 Å². The number of aliphatic hydroxyl groups is 1. The zero-order valence-electron chi connectivity index (χ0n) is 19.8. The number of hydrogen-bond acceptors (Lipinski definition) is 7. The van der Waals surface area contributed by atoms with E-state index in [2.05, 4.69) is 20.7 Å². The maximum Gasteiger partial charge on any atom is 0.255 e. The molecule has 0 saturated carbocycles. The average molecular weight is 464 g/mol. The summed E-state index contributed by atoms with van der Waals surface area (Å²) in [7, 11) is 3.15. The third-order valence-corrected chi connectivity index (χ3v) is 5.82. The van der Waals surface area contributed by atoms with Crippen molar-refractivity contribution < 1.29 is 19.4 Å². The van der Waals surface area contributed by atoms with Crippen molar-refractivity contribution in [1.82, 2.24) is 14.8 Å². The Hall–Kier alpha value is -3.85. The van der Waals surface area contributed by atoms with E-state index in [1.165, 1.54) is 0 Å². The molecule has 0 aliphatic carbocycles. The summed E-state index contributed by atoms with van der Waals surface area (Å²) >= 11 is 0. The molecule has 9 nitrogen and oxygen atoms in total. The molecular formula is C25H29N5O4. The number of nitrogens with one attached hydrogen (secondary N) is 2. The van der Waals surface area contributed by atoms with E-state index in [0.717, 1.165) is 16.8 Å². The van der Waals surface area contributed by atoms with Gasteiger partial charge in [-0.15, -0.1) is 0 Å². The van der Waals surface area contributed by atoms with Gasteiger partial charge in [0.2, 0.25) is 5.95 Å². The van der Waals surface area contributed by atoms with Crippen molar-refractivity contribution >= 4 is 17.5 Å². The summed E-state index contributed by atoms with van der Waals surface area (Å²) in [5, 5.41) is 20.2. The standard InChI is InChI=1S/C25H29N5O4/c1-15-8-5-6-9-18(15)27-24(32)22-16(2)26-25-28-21(10-7-13-31)29-30(25)23(22)17-11-12-19(33-3)20(14-17)34-4/h5-6,8-9,11-12,14,23,31H,7,10,13H2,1-4H3,(H,27,32)(H,26,28,29). The summed E-state index contributed by atoms with van der Waals surface area (Å²) < 4.78 is 12.6. The molecule has 3 aromatic rings. The lowest BCUT2D eigenvalue weighted by Gasteiger charge is -2.29. The summed E-state index contributed by atoms with van der Waals surface area (Å²) in [6.07, 6.45) is 1.08. The highest BCUT2D eigenvalue weighted by atomic mass is 16.5. The van der Waals surface area contributed by atoms with E-state index in [1.54, 1.807) is 18.9 Å². The molecule has 4 rings (SSSR count). The number of anilines is 2. The number of amides is 1. The molecule has 1 aliphatic heterocycles. The van der Waals surface area contributed by atoms with Crippen LogP contribution in [0.25, 0.3) is 0 Å². The van der Waals surface area contributed by atoms with Crippen LogP contribution in [-0.4, -0.2) is 46.6 Å². The lowest BCUT2D eigenvalue weighted by atomic mass is 9.94. The van der Waals surface area contributed by atoms with Gasteiger partial charge in [-0.3, -0.25) is 4.79 Å². The van der Waals surface area contributed by atoms with E-state index in [4.69, 9.17) is 9.47 Å². The van der Waals surface area contributed by atoms with Crippen molar-refractivity contribution in [3.8, 4) is 11.5 Å². The van der Waals surface area contributed by atoms with Crippen LogP contribution in [0.3, 0.4) is 0 Å². The number of ether oxygens (including phenoxy) is 2. The molecule has 34 heavy (non-hydrogen) atoms. The molecule has 1 amide bonds. The van der Waals surface area contributed by atoms with Gasteiger partial charge in [-0.1, -0.05) is 24.3 Å². The maximum atomic E-state index is 13.6. The topological polar surface area (TPSA) is 111 Å². The summed E-state index contributed by atoms with van der Waals surface area (Å²) in [6.45, 7) is 3.86. The Morgan fingerprint density at radius 3 is 2.62 bits per heavy atom. The number of aliphatic hydroxyl groups excluding tert-OH is 1. The van der Waals surface area contributed by atoms with Crippen LogP contribution in [0, 0.1) is 6.92 Å². The number of methoxy groups -OCH3 is 2. The zero-order valence-corrected chi connectivity index (χ0v) is 19.8. The van der Waals surface area contributed by atoms with Crippen LogP contribution in [0.15, 0.2) is 53.7 Å². The van der Waals surface area contributed by atoms with Crippen LogP contribution in [0.2, 0.25) is 0 Å². The van der Waals surface area contributed by atoms with Crippen LogP contribution in [0.5, 0.6) is 11.5 Å². The minimum absolute atomic E-state index is 0.0533. The fourth-order valence-corrected chi connectivity index (χ4v) is 4.07. The number of rotatable bonds is 8. The van der Waals surface area contributed by atoms with E-state index < -0.39 is 6.04 Å². The van der Waals surface area contributed by atoms with Gasteiger partial charge in [0.1, 0.15) is 6.04 Å². The molecule has 1 atom stereocenters. The first-order chi connectivity index (χ1) is 16.5. The van der Waals surface area contributed by atoms with Crippen LogP contribution >= 0.6 is 0 Å². The second-order valence-electron chi connectivity index (χ2n) is 8.07. The molecule has 0 saturated heterocycles. The predicted octanol–water partition coefficient (Wildman–Crippen LogP) is 3.46. The molecule has 1 aliphatic rings. The first kappa shape index (κ1) is 23.3. The smallest absolute Gasteiger partial charge is 0.255 e. The zero-order chi connectivity index (χ0) is 24.2. The minimum Gasteiger partial charge on any atom is -0.493 e. The Bertz CT molecular complexity index is 1230. The SMILES string of the molecule is COc1ccc(C2C(C(=O)Nc3ccccc3C)=C(C)Nc3nc(CCCO)nn32)cc1OC. The normalized spacial score (nSPS) is 14.9. The number of nitrogens with zero attached hydrogens (tertiary/aromatic N) is 3. The van der Waals surface area contributed by atoms with E-state index >= 15 is 0 Å². The molecule has 0 fully saturated rings. The van der Waals surface area contributed by atoms with Crippen LogP contribution in [0.1, 0.15) is 36.3 Å². The molecule has 1 unspecified atom stereocenters. The Labute approximate surface area is 198 Å². The quantitative estimate of drug-likeness (QED) is 0.469. The van der Waals surface area contributed by atoms with Crippen molar-refractivity contribution in [2.75, 3.05) is 31.5 Å². The molecule has 0 radical (unpaired) electrons. The minimum atomic E-state index is -0.546. The lowest BCUT2D eigenvalue weighted by Crippen LogP contribution is -2.31. The molecule has 3 N–H and O–H groups in total. The number of aromatic nitrogens is 3. The second-order valence-corrected chi connectivity index (χ2v) is 8.07.